The molecule has 0 spiro atoms. The largest absolute Gasteiger partial charge is 0.467 e. The van der Waals surface area contributed by atoms with Gasteiger partial charge in [0, 0.05) is 25.2 Å². The van der Waals surface area contributed by atoms with Gasteiger partial charge in [0.1, 0.15) is 6.04 Å². The van der Waals surface area contributed by atoms with Crippen molar-refractivity contribution >= 4 is 23.6 Å². The SMILES string of the molecule is COC(=O)C(CCSC)NC(=O)c1ccc(COC2CCN(Cc3ccccc3)CC2)cc1-c1ccccc1C. The molecule has 3 aromatic carbocycles. The molecule has 0 aliphatic carbocycles. The molecule has 0 aromatic heterocycles. The summed E-state index contributed by atoms with van der Waals surface area (Å²) in [5, 5.41) is 2.91. The van der Waals surface area contributed by atoms with Gasteiger partial charge in [0.25, 0.3) is 5.91 Å². The average molecular weight is 561 g/mol. The zero-order chi connectivity index (χ0) is 28.3. The van der Waals surface area contributed by atoms with Gasteiger partial charge in [-0.05, 0) is 78.1 Å². The highest BCUT2D eigenvalue weighted by Crippen LogP contribution is 2.29. The summed E-state index contributed by atoms with van der Waals surface area (Å²) in [5.41, 5.74) is 5.80. The highest BCUT2D eigenvalue weighted by molar-refractivity contribution is 7.98. The van der Waals surface area contributed by atoms with E-state index in [2.05, 4.69) is 46.6 Å². The van der Waals surface area contributed by atoms with E-state index in [0.29, 0.717) is 18.6 Å². The van der Waals surface area contributed by atoms with E-state index < -0.39 is 12.0 Å². The van der Waals surface area contributed by atoms with E-state index in [1.165, 1.54) is 12.7 Å². The molecule has 1 amide bonds. The molecule has 0 radical (unpaired) electrons. The molecule has 1 atom stereocenters. The molecule has 1 aliphatic heterocycles. The maximum absolute atomic E-state index is 13.5. The highest BCUT2D eigenvalue weighted by atomic mass is 32.2. The summed E-state index contributed by atoms with van der Waals surface area (Å²) in [6.07, 6.45) is 4.71. The first-order valence-corrected chi connectivity index (χ1v) is 15.3. The van der Waals surface area contributed by atoms with Crippen LogP contribution in [0.1, 0.15) is 46.3 Å². The Bertz CT molecular complexity index is 1260. The fraction of sp³-hybridized carbons (Fsp3) is 0.394. The molecule has 1 unspecified atom stereocenters. The third kappa shape index (κ3) is 8.19. The lowest BCUT2D eigenvalue weighted by atomic mass is 9.93. The summed E-state index contributed by atoms with van der Waals surface area (Å²) < 4.78 is 11.3. The molecule has 4 rings (SSSR count). The second kappa shape index (κ2) is 15.0. The number of ether oxygens (including phenoxy) is 2. The Hall–Kier alpha value is -3.13. The summed E-state index contributed by atoms with van der Waals surface area (Å²) in [4.78, 5) is 28.3. The first kappa shape index (κ1) is 29.8. The van der Waals surface area contributed by atoms with Crippen LogP contribution in [0.2, 0.25) is 0 Å². The first-order chi connectivity index (χ1) is 19.5. The Balaban J connectivity index is 1.44. The van der Waals surface area contributed by atoms with Crippen molar-refractivity contribution in [3.63, 3.8) is 0 Å². The Morgan fingerprint density at radius 2 is 1.70 bits per heavy atom. The number of rotatable bonds is 12. The summed E-state index contributed by atoms with van der Waals surface area (Å²) in [7, 11) is 1.35. The van der Waals surface area contributed by atoms with Gasteiger partial charge in [0.2, 0.25) is 0 Å². The molecule has 0 bridgehead atoms. The summed E-state index contributed by atoms with van der Waals surface area (Å²) in [6, 6.07) is 23.8. The third-order valence-electron chi connectivity index (χ3n) is 7.43. The topological polar surface area (TPSA) is 67.9 Å². The number of aryl methyl sites for hydroxylation is 1. The van der Waals surface area contributed by atoms with Gasteiger partial charge in [-0.3, -0.25) is 9.69 Å². The summed E-state index contributed by atoms with van der Waals surface area (Å²) in [6.45, 7) is 5.54. The van der Waals surface area contributed by atoms with Crippen molar-refractivity contribution in [1.82, 2.24) is 10.2 Å². The number of hydrogen-bond acceptors (Lipinski definition) is 6. The van der Waals surface area contributed by atoms with Crippen LogP contribution in [0.3, 0.4) is 0 Å². The molecule has 1 aliphatic rings. The Kier molecular flexibility index (Phi) is 11.2. The molecule has 1 saturated heterocycles. The van der Waals surface area contributed by atoms with E-state index in [-0.39, 0.29) is 12.0 Å². The zero-order valence-electron chi connectivity index (χ0n) is 23.7. The Morgan fingerprint density at radius 3 is 2.40 bits per heavy atom. The molecule has 40 heavy (non-hydrogen) atoms. The number of carbonyl (C=O) groups is 2. The highest BCUT2D eigenvalue weighted by Gasteiger charge is 2.24. The van der Waals surface area contributed by atoms with Crippen molar-refractivity contribution in [1.29, 1.82) is 0 Å². The maximum Gasteiger partial charge on any atom is 0.328 e. The monoisotopic (exact) mass is 560 g/mol. The van der Waals surface area contributed by atoms with E-state index in [9.17, 15) is 9.59 Å². The van der Waals surface area contributed by atoms with Crippen molar-refractivity contribution in [2.75, 3.05) is 32.2 Å². The predicted molar refractivity (Wildman–Crippen MR) is 162 cm³/mol. The number of carbonyl (C=O) groups excluding carboxylic acids is 2. The van der Waals surface area contributed by atoms with Crippen molar-refractivity contribution in [3.8, 4) is 11.1 Å². The molecule has 6 nitrogen and oxygen atoms in total. The Labute approximate surface area is 242 Å². The number of hydrogen-bond donors (Lipinski definition) is 1. The molecule has 0 saturated carbocycles. The lowest BCUT2D eigenvalue weighted by Gasteiger charge is -2.32. The second-order valence-electron chi connectivity index (χ2n) is 10.3. The fourth-order valence-corrected chi connectivity index (χ4v) is 5.60. The molecular formula is C33H40N2O4S. The molecule has 1 N–H and O–H groups in total. The van der Waals surface area contributed by atoms with Crippen LogP contribution in [-0.4, -0.2) is 61.1 Å². The van der Waals surface area contributed by atoms with Crippen LogP contribution >= 0.6 is 11.8 Å². The molecule has 1 heterocycles. The Morgan fingerprint density at radius 1 is 0.975 bits per heavy atom. The number of nitrogens with zero attached hydrogens (tertiary/aromatic N) is 1. The quantitative estimate of drug-likeness (QED) is 0.280. The number of amides is 1. The van der Waals surface area contributed by atoms with Crippen LogP contribution in [0.4, 0.5) is 0 Å². The van der Waals surface area contributed by atoms with Gasteiger partial charge < -0.3 is 14.8 Å². The van der Waals surface area contributed by atoms with Crippen molar-refractivity contribution < 1.29 is 19.1 Å². The van der Waals surface area contributed by atoms with Crippen LogP contribution in [-0.2, 0) is 27.4 Å². The smallest absolute Gasteiger partial charge is 0.328 e. The minimum absolute atomic E-state index is 0.217. The zero-order valence-corrected chi connectivity index (χ0v) is 24.5. The lowest BCUT2D eigenvalue weighted by Crippen LogP contribution is -2.42. The van der Waals surface area contributed by atoms with Crippen molar-refractivity contribution in [2.24, 2.45) is 0 Å². The van der Waals surface area contributed by atoms with E-state index in [4.69, 9.17) is 9.47 Å². The van der Waals surface area contributed by atoms with Gasteiger partial charge in [-0.2, -0.15) is 11.8 Å². The maximum atomic E-state index is 13.5. The number of methoxy groups -OCH3 is 1. The van der Waals surface area contributed by atoms with Gasteiger partial charge in [-0.15, -0.1) is 0 Å². The van der Waals surface area contributed by atoms with Crippen LogP contribution in [0.15, 0.2) is 72.8 Å². The predicted octanol–water partition coefficient (Wildman–Crippen LogP) is 5.87. The first-order valence-electron chi connectivity index (χ1n) is 13.9. The van der Waals surface area contributed by atoms with Gasteiger partial charge >= 0.3 is 5.97 Å². The standard InChI is InChI=1S/C33H40N2O4S/c1-24-9-7-8-12-28(24)30-21-26(13-14-29(30)32(36)34-31(17-20-40-3)33(37)38-2)23-39-27-15-18-35(19-16-27)22-25-10-5-4-6-11-25/h4-14,21,27,31H,15-20,22-23H2,1-3H3,(H,34,36). The minimum atomic E-state index is -0.689. The molecule has 1 fully saturated rings. The fourth-order valence-electron chi connectivity index (χ4n) is 5.13. The van der Waals surface area contributed by atoms with E-state index >= 15 is 0 Å². The van der Waals surface area contributed by atoms with E-state index in [0.717, 1.165) is 60.5 Å². The lowest BCUT2D eigenvalue weighted by molar-refractivity contribution is -0.142. The van der Waals surface area contributed by atoms with Gasteiger partial charge in [0.05, 0.1) is 19.8 Å². The number of likely N-dealkylation sites (tertiary alicyclic amines) is 1. The molecule has 212 valence electrons. The van der Waals surface area contributed by atoms with Crippen LogP contribution in [0.5, 0.6) is 0 Å². The van der Waals surface area contributed by atoms with Crippen LogP contribution in [0, 0.1) is 6.92 Å². The molecule has 7 heteroatoms. The summed E-state index contributed by atoms with van der Waals surface area (Å²) in [5.74, 6) is 0.0271. The number of benzene rings is 3. The minimum Gasteiger partial charge on any atom is -0.467 e. The third-order valence-corrected chi connectivity index (χ3v) is 8.08. The van der Waals surface area contributed by atoms with Gasteiger partial charge in [-0.1, -0.05) is 60.7 Å². The normalized spacial score (nSPS) is 15.0. The van der Waals surface area contributed by atoms with E-state index in [1.54, 1.807) is 11.8 Å². The molecular weight excluding hydrogens is 520 g/mol. The van der Waals surface area contributed by atoms with Crippen molar-refractivity contribution in [2.45, 2.75) is 51.5 Å². The van der Waals surface area contributed by atoms with Gasteiger partial charge in [0.15, 0.2) is 0 Å². The van der Waals surface area contributed by atoms with Crippen LogP contribution in [0.25, 0.3) is 11.1 Å². The number of piperidine rings is 1. The number of thioether (sulfide) groups is 1. The average Bonchev–Trinajstić information content (AvgIpc) is 2.99. The van der Waals surface area contributed by atoms with Crippen LogP contribution < -0.4 is 5.32 Å². The number of esters is 1. The summed E-state index contributed by atoms with van der Waals surface area (Å²) >= 11 is 1.63. The molecule has 3 aromatic rings. The number of nitrogens with one attached hydrogen (secondary N) is 1. The van der Waals surface area contributed by atoms with E-state index in [1.807, 2.05) is 49.6 Å². The van der Waals surface area contributed by atoms with Gasteiger partial charge in [-0.25, -0.2) is 4.79 Å². The second-order valence-corrected chi connectivity index (χ2v) is 11.3. The van der Waals surface area contributed by atoms with Crippen molar-refractivity contribution in [3.05, 3.63) is 95.1 Å².